The van der Waals surface area contributed by atoms with E-state index in [0.717, 1.165) is 90.9 Å². The molecule has 0 spiro atoms. The molecule has 0 radical (unpaired) electrons. The van der Waals surface area contributed by atoms with Crippen LogP contribution in [0.5, 0.6) is 0 Å². The number of H-pyrrole nitrogens is 1. The highest BCUT2D eigenvalue weighted by Crippen LogP contribution is 2.32. The van der Waals surface area contributed by atoms with E-state index < -0.39 is 44.9 Å². The zero-order valence-corrected chi connectivity index (χ0v) is 37.7. The average Bonchev–Trinajstić information content (AvgIpc) is 3.75. The number of rotatable bonds is 14. The van der Waals surface area contributed by atoms with Crippen LogP contribution in [0.25, 0.3) is 22.2 Å². The van der Waals surface area contributed by atoms with Gasteiger partial charge in [-0.15, -0.1) is 0 Å². The Hall–Kier alpha value is -6.84. The summed E-state index contributed by atoms with van der Waals surface area (Å²) in [4.78, 5) is 75.1. The molecule has 354 valence electrons. The van der Waals surface area contributed by atoms with E-state index in [1.54, 1.807) is 25.4 Å². The van der Waals surface area contributed by atoms with Gasteiger partial charge in [0.1, 0.15) is 17.5 Å². The van der Waals surface area contributed by atoms with Crippen molar-refractivity contribution in [3.8, 4) is 11.1 Å². The molecule has 0 aliphatic carbocycles. The second-order valence-corrected chi connectivity index (χ2v) is 18.4. The predicted molar refractivity (Wildman–Crippen MR) is 247 cm³/mol. The molecule has 67 heavy (non-hydrogen) atoms. The van der Waals surface area contributed by atoms with Crippen LogP contribution in [0, 0.1) is 11.6 Å². The van der Waals surface area contributed by atoms with Crippen molar-refractivity contribution in [3.05, 3.63) is 102 Å². The van der Waals surface area contributed by atoms with Crippen LogP contribution in [0.3, 0.4) is 0 Å². The van der Waals surface area contributed by atoms with Gasteiger partial charge in [-0.3, -0.25) is 43.9 Å². The van der Waals surface area contributed by atoms with Gasteiger partial charge in [-0.2, -0.15) is 12.7 Å². The van der Waals surface area contributed by atoms with Crippen molar-refractivity contribution < 1.29 is 46.3 Å². The number of nitrogens with one attached hydrogen (secondary N) is 5. The Morgan fingerprint density at radius 1 is 0.940 bits per heavy atom. The number of piperidine rings is 3. The second kappa shape index (κ2) is 21.2. The van der Waals surface area contributed by atoms with Crippen LogP contribution in [-0.4, -0.2) is 126 Å². The summed E-state index contributed by atoms with van der Waals surface area (Å²) >= 11 is 0. The molecular formula is C46H52F2N10O8S. The topological polar surface area (TPSA) is 239 Å². The standard InChI is InChI=1S/C45H50F2N10O6S.CH2O2/c1-3-55(2)64(62,63)54-37-11-9-35(46)41(42(37)47)43(60)34-25-50-44-33(34)22-29(23-49-44)27-4-7-32(8-5-27)57-20-16-30(17-21-57)52-40(59)26-56-18-14-28(15-19-56)36-10-6-31(24-48-36)51-38-12-13-39(58)53-45(38)61;2-1-3/h4-11,22-25,28,30,38,51,54H,3,12-21,26H2,1-2H3,(H,49,50)(H,52,59)(H,53,58,61);1H,(H,2,3). The molecule has 3 amide bonds. The number of benzene rings is 2. The number of hydrogen-bond donors (Lipinski definition) is 6. The van der Waals surface area contributed by atoms with Crippen molar-refractivity contribution in [1.29, 1.82) is 0 Å². The van der Waals surface area contributed by atoms with Gasteiger partial charge in [0.05, 0.1) is 29.7 Å². The minimum atomic E-state index is -4.14. The van der Waals surface area contributed by atoms with Crippen molar-refractivity contribution in [1.82, 2.24) is 34.8 Å². The minimum Gasteiger partial charge on any atom is -0.483 e. The van der Waals surface area contributed by atoms with E-state index in [4.69, 9.17) is 9.90 Å². The zero-order chi connectivity index (χ0) is 47.8. The number of carbonyl (C=O) groups excluding carboxylic acids is 4. The molecule has 3 saturated heterocycles. The number of ketones is 1. The SMILES string of the molecule is CCN(C)S(=O)(=O)Nc1ccc(F)c(C(=O)c2c[nH]c3ncc(-c4ccc(N5CCC(NC(=O)CN6CCC(c7ccc(NC8CCC(=O)NC8=O)cn7)CC6)CC5)cc4)cc23)c1F.O=CO. The first-order valence-corrected chi connectivity index (χ1v) is 23.4. The third-order valence-corrected chi connectivity index (χ3v) is 13.9. The Balaban J connectivity index is 0.00000216. The molecule has 21 heteroatoms. The number of aromatic amines is 1. The molecular weight excluding hydrogens is 891 g/mol. The lowest BCUT2D eigenvalue weighted by atomic mass is 9.93. The van der Waals surface area contributed by atoms with Gasteiger partial charge >= 0.3 is 10.2 Å². The highest BCUT2D eigenvalue weighted by Gasteiger charge is 2.30. The van der Waals surface area contributed by atoms with E-state index in [0.29, 0.717) is 36.0 Å². The molecule has 5 aromatic rings. The van der Waals surface area contributed by atoms with Crippen molar-refractivity contribution in [2.45, 2.75) is 63.5 Å². The van der Waals surface area contributed by atoms with Crippen LogP contribution in [0.15, 0.2) is 73.2 Å². The molecule has 0 saturated carbocycles. The summed E-state index contributed by atoms with van der Waals surface area (Å²) in [6.07, 6.45) is 8.83. The molecule has 6 N–H and O–H groups in total. The van der Waals surface area contributed by atoms with E-state index in [1.807, 2.05) is 36.4 Å². The number of carbonyl (C=O) groups is 5. The number of pyridine rings is 2. The van der Waals surface area contributed by atoms with Gasteiger partial charge in [0.25, 0.3) is 6.47 Å². The van der Waals surface area contributed by atoms with Crippen LogP contribution in [-0.2, 0) is 29.4 Å². The third-order valence-electron chi connectivity index (χ3n) is 12.4. The fourth-order valence-electron chi connectivity index (χ4n) is 8.48. The molecule has 3 aliphatic heterocycles. The Bertz CT molecular complexity index is 2720. The molecule has 18 nitrogen and oxygen atoms in total. The molecule has 1 atom stereocenters. The maximum atomic E-state index is 15.6. The summed E-state index contributed by atoms with van der Waals surface area (Å²) in [6, 6.07) is 14.9. The summed E-state index contributed by atoms with van der Waals surface area (Å²) in [6.45, 7) is 4.90. The highest BCUT2D eigenvalue weighted by atomic mass is 32.2. The van der Waals surface area contributed by atoms with Gasteiger partial charge < -0.3 is 25.6 Å². The molecule has 2 aromatic carbocycles. The van der Waals surface area contributed by atoms with Crippen molar-refractivity contribution in [2.24, 2.45) is 0 Å². The number of anilines is 3. The van der Waals surface area contributed by atoms with Gasteiger partial charge in [-0.25, -0.2) is 13.8 Å². The first kappa shape index (κ1) is 48.1. The summed E-state index contributed by atoms with van der Waals surface area (Å²) in [5, 5.41) is 16.0. The Morgan fingerprint density at radius 2 is 1.66 bits per heavy atom. The van der Waals surface area contributed by atoms with Gasteiger partial charge in [-0.1, -0.05) is 19.1 Å². The van der Waals surface area contributed by atoms with Gasteiger partial charge in [-0.05, 0) is 93.2 Å². The van der Waals surface area contributed by atoms with Gasteiger partial charge in [0, 0.05) is 85.4 Å². The monoisotopic (exact) mass is 942 g/mol. The molecule has 0 bridgehead atoms. The summed E-state index contributed by atoms with van der Waals surface area (Å²) < 4.78 is 58.8. The minimum absolute atomic E-state index is 0.0211. The van der Waals surface area contributed by atoms with E-state index in [9.17, 15) is 27.6 Å². The highest BCUT2D eigenvalue weighted by molar-refractivity contribution is 7.90. The van der Waals surface area contributed by atoms with E-state index >= 15 is 8.78 Å². The fourth-order valence-corrected chi connectivity index (χ4v) is 9.42. The number of nitrogens with zero attached hydrogens (tertiary/aromatic N) is 5. The lowest BCUT2D eigenvalue weighted by molar-refractivity contribution is -0.133. The maximum absolute atomic E-state index is 15.6. The number of carboxylic acid groups (broad SMARTS) is 1. The third kappa shape index (κ3) is 11.4. The number of amides is 3. The van der Waals surface area contributed by atoms with E-state index in [2.05, 4.69) is 45.4 Å². The Labute approximate surface area is 385 Å². The number of imide groups is 1. The molecule has 6 heterocycles. The molecule has 1 unspecified atom stereocenters. The quantitative estimate of drug-likeness (QED) is 0.0507. The summed E-state index contributed by atoms with van der Waals surface area (Å²) in [7, 11) is -2.84. The predicted octanol–water partition coefficient (Wildman–Crippen LogP) is 4.63. The number of aromatic nitrogens is 3. The van der Waals surface area contributed by atoms with E-state index in [1.165, 1.54) is 13.2 Å². The molecule has 8 rings (SSSR count). The molecule has 3 aliphatic rings. The smallest absolute Gasteiger partial charge is 0.301 e. The normalized spacial score (nSPS) is 17.4. The van der Waals surface area contributed by atoms with Crippen molar-refractivity contribution >= 4 is 68.3 Å². The Morgan fingerprint density at radius 3 is 2.31 bits per heavy atom. The van der Waals surface area contributed by atoms with Crippen LogP contribution >= 0.6 is 0 Å². The summed E-state index contributed by atoms with van der Waals surface area (Å²) in [5.41, 5.74) is 3.10. The second-order valence-electron chi connectivity index (χ2n) is 16.6. The number of fused-ring (bicyclic) bond motifs is 1. The van der Waals surface area contributed by atoms with Crippen LogP contribution in [0.4, 0.5) is 25.8 Å². The largest absolute Gasteiger partial charge is 0.483 e. The fraction of sp³-hybridized carbons (Fsp3) is 0.370. The average molecular weight is 943 g/mol. The van der Waals surface area contributed by atoms with Gasteiger partial charge in [0.15, 0.2) is 5.82 Å². The number of hydrogen-bond acceptors (Lipinski definition) is 12. The van der Waals surface area contributed by atoms with Crippen molar-refractivity contribution in [2.75, 3.05) is 61.3 Å². The molecule has 3 fully saturated rings. The van der Waals surface area contributed by atoms with Crippen molar-refractivity contribution in [3.63, 3.8) is 0 Å². The first-order valence-electron chi connectivity index (χ1n) is 21.9. The van der Waals surface area contributed by atoms with Crippen LogP contribution < -0.4 is 25.6 Å². The molecule has 3 aromatic heterocycles. The zero-order valence-electron chi connectivity index (χ0n) is 36.9. The lowest BCUT2D eigenvalue weighted by Gasteiger charge is -2.35. The lowest BCUT2D eigenvalue weighted by Crippen LogP contribution is -2.48. The first-order chi connectivity index (χ1) is 32.2. The van der Waals surface area contributed by atoms with Crippen LogP contribution in [0.1, 0.15) is 73.0 Å². The van der Waals surface area contributed by atoms with Crippen LogP contribution in [0.2, 0.25) is 0 Å². The number of likely N-dealkylation sites (tertiary alicyclic amines) is 1. The Kier molecular flexibility index (Phi) is 15.2. The maximum Gasteiger partial charge on any atom is 0.301 e. The summed E-state index contributed by atoms with van der Waals surface area (Å²) in [5.74, 6) is -3.69. The van der Waals surface area contributed by atoms with Gasteiger partial charge in [0.2, 0.25) is 23.5 Å². The number of halogens is 2. The van der Waals surface area contributed by atoms with E-state index in [-0.39, 0.29) is 48.3 Å².